The van der Waals surface area contributed by atoms with E-state index in [1.54, 1.807) is 26.0 Å². The van der Waals surface area contributed by atoms with Crippen molar-refractivity contribution in [2.45, 2.75) is 79.2 Å². The monoisotopic (exact) mass is 494 g/mol. The maximum Gasteiger partial charge on any atom is 0.341 e. The molecule has 5 atom stereocenters. The molecule has 1 heterocycles. The third kappa shape index (κ3) is 7.51. The van der Waals surface area contributed by atoms with E-state index in [9.17, 15) is 24.0 Å². The predicted molar refractivity (Wildman–Crippen MR) is 118 cm³/mol. The minimum atomic E-state index is -1.58. The first-order valence-electron chi connectivity index (χ1n) is 10.9. The van der Waals surface area contributed by atoms with Crippen molar-refractivity contribution in [1.29, 1.82) is 0 Å². The van der Waals surface area contributed by atoms with Gasteiger partial charge in [-0.2, -0.15) is 0 Å². The lowest BCUT2D eigenvalue weighted by molar-refractivity contribution is -0.294. The highest BCUT2D eigenvalue weighted by Gasteiger charge is 2.53. The third-order valence-corrected chi connectivity index (χ3v) is 5.05. The number of ether oxygens (including phenoxy) is 6. The van der Waals surface area contributed by atoms with Gasteiger partial charge >= 0.3 is 29.8 Å². The maximum atomic E-state index is 13.1. The van der Waals surface area contributed by atoms with Gasteiger partial charge in [0.1, 0.15) is 12.7 Å². The largest absolute Gasteiger partial charge is 0.463 e. The van der Waals surface area contributed by atoms with Crippen molar-refractivity contribution in [3.8, 4) is 0 Å². The van der Waals surface area contributed by atoms with Gasteiger partial charge in [-0.3, -0.25) is 19.2 Å². The highest BCUT2D eigenvalue weighted by atomic mass is 16.7. The molecule has 1 saturated heterocycles. The second-order valence-corrected chi connectivity index (χ2v) is 8.25. The van der Waals surface area contributed by atoms with E-state index in [0.717, 1.165) is 33.3 Å². The molecule has 1 aliphatic rings. The zero-order chi connectivity index (χ0) is 26.4. The van der Waals surface area contributed by atoms with E-state index in [1.807, 2.05) is 6.92 Å². The summed E-state index contributed by atoms with van der Waals surface area (Å²) >= 11 is 0. The van der Waals surface area contributed by atoms with E-state index < -0.39 is 67.2 Å². The Kier molecular flexibility index (Phi) is 9.35. The van der Waals surface area contributed by atoms with Crippen molar-refractivity contribution < 1.29 is 52.4 Å². The number of carbonyl (C=O) groups is 5. The summed E-state index contributed by atoms with van der Waals surface area (Å²) in [6.45, 7) is 9.42. The molecule has 11 heteroatoms. The predicted octanol–water partition coefficient (Wildman–Crippen LogP) is 1.85. The molecule has 0 unspecified atom stereocenters. The lowest BCUT2D eigenvalue weighted by Gasteiger charge is -2.43. The topological polar surface area (TPSA) is 141 Å². The van der Waals surface area contributed by atoms with E-state index in [4.69, 9.17) is 28.4 Å². The summed E-state index contributed by atoms with van der Waals surface area (Å²) in [5.41, 5.74) is 2.53. The third-order valence-electron chi connectivity index (χ3n) is 5.05. The molecule has 0 N–H and O–H groups in total. The van der Waals surface area contributed by atoms with Gasteiger partial charge in [-0.1, -0.05) is 17.7 Å². The first-order valence-corrected chi connectivity index (χ1v) is 10.9. The summed E-state index contributed by atoms with van der Waals surface area (Å²) in [6.07, 6.45) is -7.03. The molecule has 0 saturated carbocycles. The molecule has 0 spiro atoms. The lowest BCUT2D eigenvalue weighted by Crippen LogP contribution is -2.63. The smallest absolute Gasteiger partial charge is 0.341 e. The first kappa shape index (κ1) is 27.8. The molecule has 0 radical (unpaired) electrons. The molecule has 1 aromatic carbocycles. The SMILES string of the molecule is CC(=O)OC[C@@H]1O[C@H](OC(=O)c2c(C)cc(C)cc2C)[C@@H](OC(C)=O)[C@@H](OC(C)=O)[C@@H]1OC(C)=O. The second-order valence-electron chi connectivity index (χ2n) is 8.25. The molecule has 1 fully saturated rings. The fourth-order valence-electron chi connectivity index (χ4n) is 3.95. The minimum Gasteiger partial charge on any atom is -0.463 e. The first-order chi connectivity index (χ1) is 16.3. The highest BCUT2D eigenvalue weighted by Crippen LogP contribution is 2.31. The quantitative estimate of drug-likeness (QED) is 0.405. The van der Waals surface area contributed by atoms with Crippen molar-refractivity contribution in [3.05, 3.63) is 34.4 Å². The van der Waals surface area contributed by atoms with Gasteiger partial charge in [0.15, 0.2) is 12.2 Å². The molecule has 1 aliphatic heterocycles. The standard InChI is InChI=1S/C24H30O11/c1-11-8-12(2)19(13(3)9-11)23(29)35-24-22(33-17(7)28)21(32-16(6)27)20(31-15(5)26)18(34-24)10-30-14(4)25/h8-9,18,20-22,24H,10H2,1-7H3/t18-,20+,21-,22-,24+/m0/s1. The van der Waals surface area contributed by atoms with Gasteiger partial charge in [0.05, 0.1) is 5.56 Å². The number of rotatable bonds is 7. The van der Waals surface area contributed by atoms with Crippen molar-refractivity contribution in [2.75, 3.05) is 6.61 Å². The van der Waals surface area contributed by atoms with Crippen molar-refractivity contribution in [3.63, 3.8) is 0 Å². The van der Waals surface area contributed by atoms with Gasteiger partial charge < -0.3 is 28.4 Å². The summed E-state index contributed by atoms with van der Waals surface area (Å²) in [7, 11) is 0. The zero-order valence-corrected chi connectivity index (χ0v) is 20.7. The van der Waals surface area contributed by atoms with E-state index in [-0.39, 0.29) is 5.56 Å². The number of esters is 5. The Morgan fingerprint density at radius 3 is 1.69 bits per heavy atom. The van der Waals surface area contributed by atoms with Crippen LogP contribution in [0.5, 0.6) is 0 Å². The van der Waals surface area contributed by atoms with Crippen LogP contribution in [0.1, 0.15) is 54.7 Å². The van der Waals surface area contributed by atoms with E-state index in [2.05, 4.69) is 0 Å². The van der Waals surface area contributed by atoms with Gasteiger partial charge in [-0.15, -0.1) is 0 Å². The summed E-state index contributed by atoms with van der Waals surface area (Å²) in [4.78, 5) is 60.1. The fraction of sp³-hybridized carbons (Fsp3) is 0.542. The van der Waals surface area contributed by atoms with Crippen LogP contribution in [-0.4, -0.2) is 67.2 Å². The van der Waals surface area contributed by atoms with Gasteiger partial charge in [0, 0.05) is 27.7 Å². The molecule has 0 amide bonds. The van der Waals surface area contributed by atoms with Gasteiger partial charge in [-0.05, 0) is 31.9 Å². The Hall–Kier alpha value is -3.47. The molecule has 192 valence electrons. The molecule has 1 aromatic rings. The maximum absolute atomic E-state index is 13.1. The van der Waals surface area contributed by atoms with Crippen LogP contribution in [0.15, 0.2) is 12.1 Å². The summed E-state index contributed by atoms with van der Waals surface area (Å²) in [6, 6.07) is 3.60. The number of carbonyl (C=O) groups excluding carboxylic acids is 5. The van der Waals surface area contributed by atoms with Crippen LogP contribution in [0.2, 0.25) is 0 Å². The minimum absolute atomic E-state index is 0.281. The zero-order valence-electron chi connectivity index (χ0n) is 20.7. The molecule has 35 heavy (non-hydrogen) atoms. The molecule has 2 rings (SSSR count). The molecule has 0 bridgehead atoms. The average Bonchev–Trinajstić information content (AvgIpc) is 2.69. The van der Waals surface area contributed by atoms with Crippen molar-refractivity contribution >= 4 is 29.8 Å². The normalized spacial score (nSPS) is 23.6. The van der Waals surface area contributed by atoms with Crippen LogP contribution in [0.4, 0.5) is 0 Å². The number of hydrogen-bond donors (Lipinski definition) is 0. The molecule has 0 aromatic heterocycles. The molecular formula is C24H30O11. The van der Waals surface area contributed by atoms with Crippen LogP contribution in [-0.2, 0) is 47.6 Å². The Morgan fingerprint density at radius 1 is 0.714 bits per heavy atom. The van der Waals surface area contributed by atoms with Crippen LogP contribution >= 0.6 is 0 Å². The Bertz CT molecular complexity index is 976. The summed E-state index contributed by atoms with van der Waals surface area (Å²) in [5.74, 6) is -3.76. The summed E-state index contributed by atoms with van der Waals surface area (Å²) < 4.78 is 32.3. The lowest BCUT2D eigenvalue weighted by atomic mass is 9.97. The van der Waals surface area contributed by atoms with Crippen LogP contribution in [0.3, 0.4) is 0 Å². The average molecular weight is 494 g/mol. The van der Waals surface area contributed by atoms with Crippen LogP contribution in [0, 0.1) is 20.8 Å². The van der Waals surface area contributed by atoms with E-state index in [1.165, 1.54) is 0 Å². The van der Waals surface area contributed by atoms with Crippen molar-refractivity contribution in [1.82, 2.24) is 0 Å². The number of aryl methyl sites for hydroxylation is 3. The fourth-order valence-corrected chi connectivity index (χ4v) is 3.95. The van der Waals surface area contributed by atoms with Gasteiger partial charge in [0.2, 0.25) is 12.4 Å². The van der Waals surface area contributed by atoms with Crippen molar-refractivity contribution in [2.24, 2.45) is 0 Å². The Labute approximate surface area is 202 Å². The Balaban J connectivity index is 2.50. The van der Waals surface area contributed by atoms with Gasteiger partial charge in [0.25, 0.3) is 0 Å². The van der Waals surface area contributed by atoms with Crippen LogP contribution in [0.25, 0.3) is 0 Å². The highest BCUT2D eigenvalue weighted by molar-refractivity contribution is 5.93. The molecular weight excluding hydrogens is 464 g/mol. The van der Waals surface area contributed by atoms with E-state index >= 15 is 0 Å². The summed E-state index contributed by atoms with van der Waals surface area (Å²) in [5, 5.41) is 0. The number of benzene rings is 1. The Morgan fingerprint density at radius 2 is 1.20 bits per heavy atom. The molecule has 11 nitrogen and oxygen atoms in total. The second kappa shape index (κ2) is 11.8. The number of hydrogen-bond acceptors (Lipinski definition) is 11. The van der Waals surface area contributed by atoms with Gasteiger partial charge in [-0.25, -0.2) is 4.79 Å². The van der Waals surface area contributed by atoms with Crippen LogP contribution < -0.4 is 0 Å². The molecule has 0 aliphatic carbocycles. The van der Waals surface area contributed by atoms with E-state index in [0.29, 0.717) is 11.1 Å².